The lowest BCUT2D eigenvalue weighted by molar-refractivity contribution is 0.0690. The lowest BCUT2D eigenvalue weighted by Gasteiger charge is -2.23. The molecule has 3 aromatic rings. The quantitative estimate of drug-likeness (QED) is 0.736. The minimum absolute atomic E-state index is 0.0546. The number of aromatic nitrogens is 3. The maximum atomic E-state index is 13.3. The van der Waals surface area contributed by atoms with Gasteiger partial charge in [0, 0.05) is 17.2 Å². The molecule has 1 aliphatic rings. The molecule has 0 aliphatic heterocycles. The second kappa shape index (κ2) is 6.90. The fraction of sp³-hybridized carbons (Fsp3) is 0.350. The number of fused-ring (bicyclic) bond motifs is 1. The van der Waals surface area contributed by atoms with Crippen molar-refractivity contribution in [3.05, 3.63) is 51.9 Å². The van der Waals surface area contributed by atoms with E-state index in [4.69, 9.17) is 4.74 Å². The minimum Gasteiger partial charge on any atom is -0.497 e. The SMILES string of the molecule is COc1ccc(-c2nc3cc(C(=O)O)[nH]n3c(=O)c2C2CCCCC2)cc1. The number of carboxylic acid groups (broad SMARTS) is 1. The molecule has 1 aromatic carbocycles. The molecule has 1 fully saturated rings. The van der Waals surface area contributed by atoms with E-state index in [1.165, 1.54) is 17.0 Å². The standard InChI is InChI=1S/C20H21N3O4/c1-27-14-9-7-13(8-10-14)18-17(12-5-3-2-4-6-12)19(24)23-16(21-18)11-15(22-23)20(25)26/h7-12,22H,2-6H2,1H3,(H,25,26). The Morgan fingerprint density at radius 3 is 2.56 bits per heavy atom. The van der Waals surface area contributed by atoms with Gasteiger partial charge in [-0.15, -0.1) is 0 Å². The van der Waals surface area contributed by atoms with E-state index in [1.807, 2.05) is 24.3 Å². The van der Waals surface area contributed by atoms with Crippen molar-refractivity contribution in [2.45, 2.75) is 38.0 Å². The number of hydrogen-bond acceptors (Lipinski definition) is 4. The third kappa shape index (κ3) is 3.09. The van der Waals surface area contributed by atoms with Gasteiger partial charge in [0.05, 0.1) is 12.8 Å². The molecular weight excluding hydrogens is 346 g/mol. The van der Waals surface area contributed by atoms with E-state index in [0.717, 1.165) is 37.0 Å². The molecule has 1 aliphatic carbocycles. The molecule has 0 unspecified atom stereocenters. The highest BCUT2D eigenvalue weighted by Gasteiger charge is 2.26. The van der Waals surface area contributed by atoms with Gasteiger partial charge >= 0.3 is 5.97 Å². The number of carboxylic acids is 1. The Morgan fingerprint density at radius 1 is 1.22 bits per heavy atom. The van der Waals surface area contributed by atoms with Gasteiger partial charge in [0.1, 0.15) is 11.4 Å². The third-order valence-corrected chi connectivity index (χ3v) is 5.26. The van der Waals surface area contributed by atoms with Crippen LogP contribution in [-0.4, -0.2) is 32.8 Å². The summed E-state index contributed by atoms with van der Waals surface area (Å²) >= 11 is 0. The van der Waals surface area contributed by atoms with Gasteiger partial charge in [0.2, 0.25) is 0 Å². The number of benzene rings is 1. The molecule has 27 heavy (non-hydrogen) atoms. The summed E-state index contributed by atoms with van der Waals surface area (Å²) in [6, 6.07) is 8.83. The van der Waals surface area contributed by atoms with Crippen LogP contribution in [0.25, 0.3) is 16.9 Å². The summed E-state index contributed by atoms with van der Waals surface area (Å²) in [6.45, 7) is 0. The van der Waals surface area contributed by atoms with Crippen LogP contribution >= 0.6 is 0 Å². The fourth-order valence-corrected chi connectivity index (χ4v) is 3.87. The maximum absolute atomic E-state index is 13.3. The molecule has 2 N–H and O–H groups in total. The number of methoxy groups -OCH3 is 1. The Bertz CT molecular complexity index is 1040. The number of nitrogens with zero attached hydrogens (tertiary/aromatic N) is 2. The largest absolute Gasteiger partial charge is 0.497 e. The molecule has 0 amide bonds. The molecule has 4 rings (SSSR count). The Hall–Kier alpha value is -3.09. The molecule has 7 nitrogen and oxygen atoms in total. The molecule has 2 aromatic heterocycles. The monoisotopic (exact) mass is 367 g/mol. The van der Waals surface area contributed by atoms with Crippen LogP contribution in [0, 0.1) is 0 Å². The number of rotatable bonds is 4. The predicted molar refractivity (Wildman–Crippen MR) is 101 cm³/mol. The molecule has 0 atom stereocenters. The molecule has 0 saturated heterocycles. The summed E-state index contributed by atoms with van der Waals surface area (Å²) in [4.78, 5) is 29.2. The summed E-state index contributed by atoms with van der Waals surface area (Å²) < 4.78 is 6.47. The van der Waals surface area contributed by atoms with Gasteiger partial charge in [-0.3, -0.25) is 9.89 Å². The number of hydrogen-bond donors (Lipinski definition) is 2. The minimum atomic E-state index is -1.12. The molecule has 0 bridgehead atoms. The van der Waals surface area contributed by atoms with E-state index in [9.17, 15) is 14.7 Å². The number of aromatic carboxylic acids is 1. The Labute approximate surface area is 155 Å². The first-order valence-corrected chi connectivity index (χ1v) is 9.12. The zero-order valence-corrected chi connectivity index (χ0v) is 15.1. The summed E-state index contributed by atoms with van der Waals surface area (Å²) in [5, 5.41) is 11.9. The number of H-pyrrole nitrogens is 1. The van der Waals surface area contributed by atoms with Crippen molar-refractivity contribution >= 4 is 11.6 Å². The first kappa shape index (κ1) is 17.3. The van der Waals surface area contributed by atoms with Crippen LogP contribution in [0.4, 0.5) is 0 Å². The molecule has 1 saturated carbocycles. The fourth-order valence-electron chi connectivity index (χ4n) is 3.87. The first-order valence-electron chi connectivity index (χ1n) is 9.12. The molecule has 0 spiro atoms. The van der Waals surface area contributed by atoms with Gasteiger partial charge in [0.25, 0.3) is 5.56 Å². The predicted octanol–water partition coefficient (Wildman–Crippen LogP) is 3.44. The van der Waals surface area contributed by atoms with Crippen LogP contribution in [0.15, 0.2) is 35.1 Å². The molecule has 7 heteroatoms. The summed E-state index contributed by atoms with van der Waals surface area (Å²) in [5.41, 5.74) is 2.16. The average molecular weight is 367 g/mol. The second-order valence-electron chi connectivity index (χ2n) is 6.91. The van der Waals surface area contributed by atoms with Crippen LogP contribution in [0.2, 0.25) is 0 Å². The third-order valence-electron chi connectivity index (χ3n) is 5.26. The van der Waals surface area contributed by atoms with Gasteiger partial charge in [-0.2, -0.15) is 0 Å². The summed E-state index contributed by atoms with van der Waals surface area (Å²) in [5.74, 6) is -0.264. The molecule has 140 valence electrons. The van der Waals surface area contributed by atoms with Crippen molar-refractivity contribution in [1.82, 2.24) is 14.6 Å². The van der Waals surface area contributed by atoms with Crippen molar-refractivity contribution in [3.63, 3.8) is 0 Å². The molecule has 2 heterocycles. The number of aromatic amines is 1. The van der Waals surface area contributed by atoms with Crippen LogP contribution < -0.4 is 10.3 Å². The summed E-state index contributed by atoms with van der Waals surface area (Å²) in [6.07, 6.45) is 5.23. The van der Waals surface area contributed by atoms with Crippen LogP contribution in [0.5, 0.6) is 5.75 Å². The van der Waals surface area contributed by atoms with Crippen molar-refractivity contribution in [3.8, 4) is 17.0 Å². The van der Waals surface area contributed by atoms with Gasteiger partial charge in [-0.1, -0.05) is 19.3 Å². The van der Waals surface area contributed by atoms with Crippen molar-refractivity contribution < 1.29 is 14.6 Å². The van der Waals surface area contributed by atoms with Gasteiger partial charge in [-0.25, -0.2) is 14.3 Å². The van der Waals surface area contributed by atoms with Crippen LogP contribution in [0.1, 0.15) is 54.1 Å². The first-order chi connectivity index (χ1) is 13.1. The van der Waals surface area contributed by atoms with Gasteiger partial charge in [0.15, 0.2) is 5.65 Å². The van der Waals surface area contributed by atoms with Crippen LogP contribution in [0.3, 0.4) is 0 Å². The Kier molecular flexibility index (Phi) is 4.43. The normalized spacial score (nSPS) is 15.1. The highest BCUT2D eigenvalue weighted by Crippen LogP contribution is 2.36. The van der Waals surface area contributed by atoms with E-state index < -0.39 is 5.97 Å². The lowest BCUT2D eigenvalue weighted by atomic mass is 9.83. The van der Waals surface area contributed by atoms with Crippen molar-refractivity contribution in [2.75, 3.05) is 7.11 Å². The summed E-state index contributed by atoms with van der Waals surface area (Å²) in [7, 11) is 1.60. The number of nitrogens with one attached hydrogen (secondary N) is 1. The van der Waals surface area contributed by atoms with Crippen molar-refractivity contribution in [1.29, 1.82) is 0 Å². The highest BCUT2D eigenvalue weighted by atomic mass is 16.5. The highest BCUT2D eigenvalue weighted by molar-refractivity contribution is 5.86. The maximum Gasteiger partial charge on any atom is 0.353 e. The van der Waals surface area contributed by atoms with Gasteiger partial charge in [-0.05, 0) is 43.0 Å². The average Bonchev–Trinajstić information content (AvgIpc) is 3.14. The topological polar surface area (TPSA) is 96.7 Å². The van der Waals surface area contributed by atoms with E-state index in [0.29, 0.717) is 16.9 Å². The van der Waals surface area contributed by atoms with E-state index in [2.05, 4.69) is 10.1 Å². The number of ether oxygens (including phenoxy) is 1. The zero-order chi connectivity index (χ0) is 19.0. The number of carbonyl (C=O) groups is 1. The smallest absolute Gasteiger partial charge is 0.353 e. The van der Waals surface area contributed by atoms with E-state index in [1.54, 1.807) is 7.11 Å². The van der Waals surface area contributed by atoms with Crippen molar-refractivity contribution in [2.24, 2.45) is 0 Å². The van der Waals surface area contributed by atoms with E-state index in [-0.39, 0.29) is 17.2 Å². The Balaban J connectivity index is 1.95. The Morgan fingerprint density at radius 2 is 1.93 bits per heavy atom. The molecule has 0 radical (unpaired) electrons. The van der Waals surface area contributed by atoms with Gasteiger partial charge < -0.3 is 9.84 Å². The zero-order valence-electron chi connectivity index (χ0n) is 15.1. The van der Waals surface area contributed by atoms with E-state index >= 15 is 0 Å². The second-order valence-corrected chi connectivity index (χ2v) is 6.91. The molecular formula is C20H21N3O4. The lowest BCUT2D eigenvalue weighted by Crippen LogP contribution is -2.25. The van der Waals surface area contributed by atoms with Crippen LogP contribution in [-0.2, 0) is 0 Å².